The van der Waals surface area contributed by atoms with Crippen molar-refractivity contribution in [2.75, 3.05) is 7.11 Å². The van der Waals surface area contributed by atoms with Crippen LogP contribution in [-0.4, -0.2) is 19.2 Å². The zero-order valence-corrected chi connectivity index (χ0v) is 9.90. The molecule has 0 amide bonds. The number of aryl methyl sites for hydroxylation is 1. The van der Waals surface area contributed by atoms with Crippen molar-refractivity contribution in [3.05, 3.63) is 29.6 Å². The van der Waals surface area contributed by atoms with Crippen LogP contribution in [0.15, 0.2) is 18.2 Å². The lowest BCUT2D eigenvalue weighted by molar-refractivity contribution is -0.149. The maximum Gasteiger partial charge on any atom is 0.347 e. The SMILES string of the molecule is COC(=O)C(Oc1ccc(C)c(F)c1)C1CC1. The van der Waals surface area contributed by atoms with Crippen molar-refractivity contribution in [1.29, 1.82) is 0 Å². The van der Waals surface area contributed by atoms with Gasteiger partial charge in [-0.3, -0.25) is 0 Å². The standard InChI is InChI=1S/C13H15FO3/c1-8-3-6-10(7-11(8)14)17-12(9-4-5-9)13(15)16-2/h3,6-7,9,12H,4-5H2,1-2H3. The Morgan fingerprint density at radius 1 is 1.47 bits per heavy atom. The number of esters is 1. The summed E-state index contributed by atoms with van der Waals surface area (Å²) in [6.45, 7) is 1.68. The quantitative estimate of drug-likeness (QED) is 0.756. The van der Waals surface area contributed by atoms with Gasteiger partial charge in [-0.1, -0.05) is 6.07 Å². The number of carbonyl (C=O) groups is 1. The normalized spacial score (nSPS) is 16.4. The van der Waals surface area contributed by atoms with Crippen molar-refractivity contribution in [2.24, 2.45) is 5.92 Å². The molecule has 1 saturated carbocycles. The minimum atomic E-state index is -0.609. The summed E-state index contributed by atoms with van der Waals surface area (Å²) in [4.78, 5) is 11.5. The first-order chi connectivity index (χ1) is 8.11. The molecular formula is C13H15FO3. The molecule has 0 N–H and O–H groups in total. The van der Waals surface area contributed by atoms with E-state index in [1.54, 1.807) is 19.1 Å². The fraction of sp³-hybridized carbons (Fsp3) is 0.462. The highest BCUT2D eigenvalue weighted by Gasteiger charge is 2.39. The largest absolute Gasteiger partial charge is 0.478 e. The van der Waals surface area contributed by atoms with Crippen LogP contribution in [0.2, 0.25) is 0 Å². The van der Waals surface area contributed by atoms with Crippen LogP contribution in [0.5, 0.6) is 5.75 Å². The zero-order chi connectivity index (χ0) is 12.4. The Kier molecular flexibility index (Phi) is 3.31. The highest BCUT2D eigenvalue weighted by Crippen LogP contribution is 2.35. The van der Waals surface area contributed by atoms with Gasteiger partial charge < -0.3 is 9.47 Å². The zero-order valence-electron chi connectivity index (χ0n) is 9.90. The third-order valence-corrected chi connectivity index (χ3v) is 2.89. The second-order valence-electron chi connectivity index (χ2n) is 4.31. The molecule has 2 rings (SSSR count). The van der Waals surface area contributed by atoms with Gasteiger partial charge in [0.1, 0.15) is 11.6 Å². The van der Waals surface area contributed by atoms with Crippen LogP contribution in [0.1, 0.15) is 18.4 Å². The van der Waals surface area contributed by atoms with E-state index in [1.807, 2.05) is 0 Å². The van der Waals surface area contributed by atoms with Gasteiger partial charge in [0.05, 0.1) is 7.11 Å². The lowest BCUT2D eigenvalue weighted by Crippen LogP contribution is -2.30. The van der Waals surface area contributed by atoms with E-state index in [-0.39, 0.29) is 11.7 Å². The Morgan fingerprint density at radius 2 is 2.18 bits per heavy atom. The molecule has 0 saturated heterocycles. The van der Waals surface area contributed by atoms with Gasteiger partial charge in [-0.25, -0.2) is 9.18 Å². The molecule has 0 radical (unpaired) electrons. The molecule has 92 valence electrons. The summed E-state index contributed by atoms with van der Waals surface area (Å²) in [5, 5.41) is 0. The predicted octanol–water partition coefficient (Wildman–Crippen LogP) is 2.46. The third kappa shape index (κ3) is 2.75. The van der Waals surface area contributed by atoms with Crippen LogP contribution < -0.4 is 4.74 Å². The molecule has 1 unspecified atom stereocenters. The minimum absolute atomic E-state index is 0.201. The Labute approximate surface area is 99.5 Å². The predicted molar refractivity (Wildman–Crippen MR) is 60.3 cm³/mol. The molecule has 0 aliphatic heterocycles. The summed E-state index contributed by atoms with van der Waals surface area (Å²) >= 11 is 0. The van der Waals surface area contributed by atoms with Crippen molar-refractivity contribution < 1.29 is 18.7 Å². The topological polar surface area (TPSA) is 35.5 Å². The van der Waals surface area contributed by atoms with Gasteiger partial charge in [-0.15, -0.1) is 0 Å². The monoisotopic (exact) mass is 238 g/mol. The molecule has 0 spiro atoms. The first-order valence-electron chi connectivity index (χ1n) is 5.62. The van der Waals surface area contributed by atoms with Gasteiger partial charge in [0, 0.05) is 12.0 Å². The van der Waals surface area contributed by atoms with Gasteiger partial charge >= 0.3 is 5.97 Å². The molecule has 4 heteroatoms. The number of ether oxygens (including phenoxy) is 2. The van der Waals surface area contributed by atoms with Crippen LogP contribution in [-0.2, 0) is 9.53 Å². The summed E-state index contributed by atoms with van der Waals surface area (Å²) in [7, 11) is 1.33. The van der Waals surface area contributed by atoms with E-state index < -0.39 is 12.1 Å². The maximum absolute atomic E-state index is 13.3. The molecule has 1 atom stereocenters. The molecule has 1 aromatic carbocycles. The van der Waals surface area contributed by atoms with Crippen LogP contribution in [0, 0.1) is 18.7 Å². The van der Waals surface area contributed by atoms with E-state index in [0.717, 1.165) is 12.8 Å². The second-order valence-corrected chi connectivity index (χ2v) is 4.31. The summed E-state index contributed by atoms with van der Waals surface area (Å²) in [6, 6.07) is 4.59. The highest BCUT2D eigenvalue weighted by atomic mass is 19.1. The van der Waals surface area contributed by atoms with Gasteiger partial charge in [0.2, 0.25) is 0 Å². The summed E-state index contributed by atoms with van der Waals surface area (Å²) in [5.41, 5.74) is 0.554. The average molecular weight is 238 g/mol. The van der Waals surface area contributed by atoms with E-state index in [2.05, 4.69) is 4.74 Å². The number of carbonyl (C=O) groups excluding carboxylic acids is 1. The molecule has 17 heavy (non-hydrogen) atoms. The van der Waals surface area contributed by atoms with E-state index >= 15 is 0 Å². The smallest absolute Gasteiger partial charge is 0.347 e. The Morgan fingerprint density at radius 3 is 2.71 bits per heavy atom. The van der Waals surface area contributed by atoms with Gasteiger partial charge in [-0.05, 0) is 31.4 Å². The number of benzene rings is 1. The molecule has 3 nitrogen and oxygen atoms in total. The molecule has 1 fully saturated rings. The second kappa shape index (κ2) is 4.73. The van der Waals surface area contributed by atoms with Crippen LogP contribution >= 0.6 is 0 Å². The molecule has 1 aliphatic rings. The van der Waals surface area contributed by atoms with E-state index in [1.165, 1.54) is 13.2 Å². The lowest BCUT2D eigenvalue weighted by Gasteiger charge is -2.16. The van der Waals surface area contributed by atoms with Crippen molar-refractivity contribution >= 4 is 5.97 Å². The third-order valence-electron chi connectivity index (χ3n) is 2.89. The Hall–Kier alpha value is -1.58. The fourth-order valence-electron chi connectivity index (χ4n) is 1.65. The van der Waals surface area contributed by atoms with E-state index in [4.69, 9.17) is 4.74 Å². The number of hydrogen-bond donors (Lipinski definition) is 0. The molecular weight excluding hydrogens is 223 g/mol. The molecule has 1 aliphatic carbocycles. The lowest BCUT2D eigenvalue weighted by atomic mass is 10.2. The first kappa shape index (κ1) is 11.9. The van der Waals surface area contributed by atoms with E-state index in [0.29, 0.717) is 11.3 Å². The highest BCUT2D eigenvalue weighted by molar-refractivity contribution is 5.75. The van der Waals surface area contributed by atoms with Crippen molar-refractivity contribution in [2.45, 2.75) is 25.9 Å². The van der Waals surface area contributed by atoms with E-state index in [9.17, 15) is 9.18 Å². The van der Waals surface area contributed by atoms with Gasteiger partial charge in [0.25, 0.3) is 0 Å². The molecule has 0 heterocycles. The van der Waals surface area contributed by atoms with Crippen LogP contribution in [0.3, 0.4) is 0 Å². The van der Waals surface area contributed by atoms with Crippen LogP contribution in [0.25, 0.3) is 0 Å². The van der Waals surface area contributed by atoms with Crippen molar-refractivity contribution in [3.8, 4) is 5.75 Å². The number of halogens is 1. The summed E-state index contributed by atoms with van der Waals surface area (Å²) in [6.07, 6.45) is 1.30. The number of hydrogen-bond acceptors (Lipinski definition) is 3. The summed E-state index contributed by atoms with van der Waals surface area (Å²) in [5.74, 6) is -0.155. The number of methoxy groups -OCH3 is 1. The minimum Gasteiger partial charge on any atom is -0.478 e. The van der Waals surface area contributed by atoms with Crippen LogP contribution in [0.4, 0.5) is 4.39 Å². The first-order valence-corrected chi connectivity index (χ1v) is 5.62. The maximum atomic E-state index is 13.3. The molecule has 1 aromatic rings. The molecule has 0 aromatic heterocycles. The van der Waals surface area contributed by atoms with Gasteiger partial charge in [-0.2, -0.15) is 0 Å². The van der Waals surface area contributed by atoms with Crippen molar-refractivity contribution in [3.63, 3.8) is 0 Å². The summed E-state index contributed by atoms with van der Waals surface area (Å²) < 4.78 is 23.5. The fourth-order valence-corrected chi connectivity index (χ4v) is 1.65. The van der Waals surface area contributed by atoms with Crippen molar-refractivity contribution in [1.82, 2.24) is 0 Å². The number of rotatable bonds is 4. The van der Waals surface area contributed by atoms with Gasteiger partial charge in [0.15, 0.2) is 6.10 Å². The Bertz CT molecular complexity index is 427. The molecule has 0 bridgehead atoms. The average Bonchev–Trinajstić information content (AvgIpc) is 3.13. The Balaban J connectivity index is 2.11.